The molecule has 2 nitrogen and oxygen atoms in total. The minimum absolute atomic E-state index is 0. The average molecular weight is 419 g/mol. The summed E-state index contributed by atoms with van der Waals surface area (Å²) < 4.78 is 5.18. The molecule has 0 radical (unpaired) electrons. The van der Waals surface area contributed by atoms with Crippen LogP contribution < -0.4 is 17.1 Å². The normalized spacial score (nSPS) is 11.1. The monoisotopic (exact) mass is 418 g/mol. The van der Waals surface area contributed by atoms with E-state index in [1.54, 1.807) is 18.9 Å². The lowest BCUT2D eigenvalue weighted by Crippen LogP contribution is -3.00. The molecule has 0 aromatic heterocycles. The molecular weight excluding hydrogens is 383 g/mol. The molecule has 0 aliphatic heterocycles. The van der Waals surface area contributed by atoms with Gasteiger partial charge in [0.25, 0.3) is 0 Å². The second-order valence-corrected chi connectivity index (χ2v) is 12.6. The summed E-state index contributed by atoms with van der Waals surface area (Å²) in [5.41, 5.74) is 1.86. The first-order chi connectivity index (χ1) is 12.1. The van der Waals surface area contributed by atoms with Gasteiger partial charge in [-0.3, -0.25) is 4.79 Å². The average Bonchev–Trinajstić information content (AvgIpc) is 2.66. The van der Waals surface area contributed by atoms with Crippen LogP contribution in [-0.4, -0.2) is 36.2 Å². The summed E-state index contributed by atoms with van der Waals surface area (Å²) in [5.74, 6) is 0.803. The summed E-state index contributed by atoms with van der Waals surface area (Å²) in [6, 6.07) is 7.53. The van der Waals surface area contributed by atoms with Gasteiger partial charge in [0.15, 0.2) is 0 Å². The maximum atomic E-state index is 12.7. The number of carbonyl (C=O) groups is 1. The Morgan fingerprint density at radius 3 is 1.77 bits per heavy atom. The van der Waals surface area contributed by atoms with Gasteiger partial charge in [-0.05, 0) is 55.3 Å². The molecule has 5 heteroatoms. The third kappa shape index (κ3) is 9.11. The lowest BCUT2D eigenvalue weighted by molar-refractivity contribution is -0.0000125. The minimum atomic E-state index is -1.02. The molecule has 26 heavy (non-hydrogen) atoms. The number of ether oxygens (including phenoxy) is 1. The molecule has 0 heterocycles. The van der Waals surface area contributed by atoms with Gasteiger partial charge in [-0.25, -0.2) is 0 Å². The number of benzene rings is 1. The first-order valence-corrected chi connectivity index (χ1v) is 13.3. The smallest absolute Gasteiger partial charge is 0.222 e. The van der Waals surface area contributed by atoms with E-state index >= 15 is 0 Å². The predicted octanol–water partition coefficient (Wildman–Crippen LogP) is 3.95. The Labute approximate surface area is 172 Å². The lowest BCUT2D eigenvalue weighted by Gasteiger charge is -2.27. The molecule has 1 rings (SSSR count). The van der Waals surface area contributed by atoms with Crippen molar-refractivity contribution in [2.24, 2.45) is 0 Å². The summed E-state index contributed by atoms with van der Waals surface area (Å²) in [6.07, 6.45) is 11.8. The summed E-state index contributed by atoms with van der Waals surface area (Å²) in [4.78, 5) is 12.7. The molecule has 0 saturated heterocycles. The molecule has 150 valence electrons. The highest BCUT2D eigenvalue weighted by Crippen LogP contribution is 2.63. The van der Waals surface area contributed by atoms with Gasteiger partial charge in [-0.2, -0.15) is 0 Å². The van der Waals surface area contributed by atoms with Gasteiger partial charge in [-0.1, -0.05) is 40.0 Å². The topological polar surface area (TPSA) is 26.3 Å². The molecule has 0 spiro atoms. The van der Waals surface area contributed by atoms with Crippen molar-refractivity contribution >= 4 is 24.1 Å². The predicted molar refractivity (Wildman–Crippen MR) is 116 cm³/mol. The zero-order valence-corrected chi connectivity index (χ0v) is 19.4. The third-order valence-corrected chi connectivity index (χ3v) is 11.8. The molecule has 0 amide bonds. The van der Waals surface area contributed by atoms with Crippen molar-refractivity contribution in [3.8, 4) is 5.75 Å². The molecule has 1 aromatic carbocycles. The second-order valence-electron chi connectivity index (χ2n) is 6.86. The molecule has 0 unspecified atom stereocenters. The first kappa shape index (κ1) is 25.8. The van der Waals surface area contributed by atoms with Crippen molar-refractivity contribution in [3.05, 3.63) is 29.8 Å². The van der Waals surface area contributed by atoms with E-state index in [-0.39, 0.29) is 17.5 Å². The van der Waals surface area contributed by atoms with Crippen molar-refractivity contribution in [1.29, 1.82) is 0 Å². The zero-order chi connectivity index (χ0) is 18.5. The van der Waals surface area contributed by atoms with Crippen LogP contribution in [0.25, 0.3) is 0 Å². The Balaban J connectivity index is 0.00000625. The van der Waals surface area contributed by atoms with Gasteiger partial charge in [0.1, 0.15) is 11.2 Å². The van der Waals surface area contributed by atoms with Gasteiger partial charge in [0.05, 0.1) is 25.6 Å². The fraction of sp³-hybridized carbons (Fsp3) is 0.667. The molecule has 0 saturated carbocycles. The first-order valence-electron chi connectivity index (χ1n) is 9.77. The number of thioether (sulfide) groups is 1. The van der Waals surface area contributed by atoms with Gasteiger partial charge in [0.2, 0.25) is 5.12 Å². The van der Waals surface area contributed by atoms with E-state index in [4.69, 9.17) is 4.74 Å². The number of carbonyl (C=O) groups excluding carboxylic acids is 1. The Morgan fingerprint density at radius 2 is 1.38 bits per heavy atom. The second kappa shape index (κ2) is 14.8. The fourth-order valence-electron chi connectivity index (χ4n) is 3.02. The molecule has 0 atom stereocenters. The highest BCUT2D eigenvalue weighted by Gasteiger charge is 2.36. The maximum absolute atomic E-state index is 12.7. The van der Waals surface area contributed by atoms with Crippen molar-refractivity contribution in [1.82, 2.24) is 0 Å². The van der Waals surface area contributed by atoms with Crippen LogP contribution in [0.1, 0.15) is 69.7 Å². The van der Waals surface area contributed by atoms with E-state index in [1.165, 1.54) is 57.0 Å². The van der Waals surface area contributed by atoms with Crippen molar-refractivity contribution < 1.29 is 21.9 Å². The summed E-state index contributed by atoms with van der Waals surface area (Å²) in [6.45, 7) is 6.85. The van der Waals surface area contributed by atoms with Gasteiger partial charge in [0, 0.05) is 12.8 Å². The van der Waals surface area contributed by atoms with E-state index < -0.39 is 7.26 Å². The summed E-state index contributed by atoms with van der Waals surface area (Å²) in [5, 5.41) is 0.219. The van der Waals surface area contributed by atoms with E-state index in [2.05, 4.69) is 20.8 Å². The van der Waals surface area contributed by atoms with Crippen LogP contribution >= 0.6 is 19.0 Å². The molecule has 0 bridgehead atoms. The van der Waals surface area contributed by atoms with Crippen molar-refractivity contribution in [2.75, 3.05) is 31.1 Å². The van der Waals surface area contributed by atoms with Gasteiger partial charge in [-0.15, -0.1) is 0 Å². The number of hydrogen-bond acceptors (Lipinski definition) is 3. The van der Waals surface area contributed by atoms with E-state index in [0.29, 0.717) is 0 Å². The van der Waals surface area contributed by atoms with Crippen LogP contribution in [0.5, 0.6) is 5.75 Å². The quantitative estimate of drug-likeness (QED) is 0.454. The number of rotatable bonds is 13. The number of halogens is 1. The zero-order valence-electron chi connectivity index (χ0n) is 16.9. The summed E-state index contributed by atoms with van der Waals surface area (Å²) >= 11 is 1.57. The standard InChI is InChI=1S/C21H36O2PS.ClH/c1-5-8-15-24(16-9-6-2,17-10-7-3)18-25-21(22)19-11-13-20(23-4)14-12-19;/h11-14H,5-10,15-18H2,1-4H3;1H/q+1;/p-1. The van der Waals surface area contributed by atoms with E-state index in [0.717, 1.165) is 16.8 Å². The maximum Gasteiger partial charge on any atom is 0.222 e. The molecule has 0 fully saturated rings. The van der Waals surface area contributed by atoms with Gasteiger partial charge >= 0.3 is 0 Å². The highest BCUT2D eigenvalue weighted by molar-refractivity contribution is 8.19. The van der Waals surface area contributed by atoms with Crippen LogP contribution in [-0.2, 0) is 0 Å². The Hall–Kier alpha value is -0.240. The number of unbranched alkanes of at least 4 members (excludes halogenated alkanes) is 3. The number of methoxy groups -OCH3 is 1. The van der Waals surface area contributed by atoms with Crippen molar-refractivity contribution in [3.63, 3.8) is 0 Å². The summed E-state index contributed by atoms with van der Waals surface area (Å²) in [7, 11) is 0.634. The Kier molecular flexibility index (Phi) is 14.6. The molecule has 0 aliphatic carbocycles. The van der Waals surface area contributed by atoms with E-state index in [9.17, 15) is 4.79 Å². The Bertz CT molecular complexity index is 472. The van der Waals surface area contributed by atoms with Crippen molar-refractivity contribution in [2.45, 2.75) is 59.3 Å². The van der Waals surface area contributed by atoms with Crippen LogP contribution in [0.2, 0.25) is 0 Å². The highest BCUT2D eigenvalue weighted by atomic mass is 35.5. The minimum Gasteiger partial charge on any atom is -1.00 e. The largest absolute Gasteiger partial charge is 1.00 e. The molecular formula is C21H36ClO2PS. The van der Waals surface area contributed by atoms with E-state index in [1.807, 2.05) is 24.3 Å². The van der Waals surface area contributed by atoms with Gasteiger partial charge < -0.3 is 17.1 Å². The Morgan fingerprint density at radius 1 is 0.923 bits per heavy atom. The van der Waals surface area contributed by atoms with Crippen LogP contribution in [0.4, 0.5) is 0 Å². The van der Waals surface area contributed by atoms with Crippen LogP contribution in [0.15, 0.2) is 24.3 Å². The molecule has 1 aromatic rings. The molecule has 0 N–H and O–H groups in total. The van der Waals surface area contributed by atoms with Crippen LogP contribution in [0.3, 0.4) is 0 Å². The number of hydrogen-bond donors (Lipinski definition) is 0. The fourth-order valence-corrected chi connectivity index (χ4v) is 10.1. The SMILES string of the molecule is CCCC[P+](CCCC)(CCCC)CSC(=O)c1ccc(OC)cc1.[Cl-]. The lowest BCUT2D eigenvalue weighted by atomic mass is 10.2. The molecule has 0 aliphatic rings. The third-order valence-electron chi connectivity index (χ3n) is 4.75. The van der Waals surface area contributed by atoms with Crippen LogP contribution in [0, 0.1) is 0 Å².